The van der Waals surface area contributed by atoms with Gasteiger partial charge in [0.1, 0.15) is 0 Å². The molecule has 0 atom stereocenters. The predicted molar refractivity (Wildman–Crippen MR) is 45.8 cm³/mol. The summed E-state index contributed by atoms with van der Waals surface area (Å²) in [5, 5.41) is 0. The molecule has 3 nitrogen and oxygen atoms in total. The summed E-state index contributed by atoms with van der Waals surface area (Å²) in [6.07, 6.45) is -4.67. The Labute approximate surface area is 96.3 Å². The van der Waals surface area contributed by atoms with Crippen LogP contribution in [0.25, 0.3) is 0 Å². The smallest absolute Gasteiger partial charge is 0.267 e. The molecule has 100 valence electrons. The standard InChI is InChI=1S/C9H5F6NO2/c10-5-1-4(2-6(11)7(5)12)8(17)16-18-3-9(13,14)15/h1-2H,3H2,(H,16,17). The number of alkyl halides is 3. The topological polar surface area (TPSA) is 38.3 Å². The minimum atomic E-state index is -4.67. The highest BCUT2D eigenvalue weighted by molar-refractivity contribution is 5.93. The highest BCUT2D eigenvalue weighted by Crippen LogP contribution is 2.15. The lowest BCUT2D eigenvalue weighted by Crippen LogP contribution is -2.29. The van der Waals surface area contributed by atoms with Gasteiger partial charge in [0.2, 0.25) is 0 Å². The van der Waals surface area contributed by atoms with Crippen molar-refractivity contribution in [1.29, 1.82) is 0 Å². The van der Waals surface area contributed by atoms with Crippen LogP contribution in [0.3, 0.4) is 0 Å². The third kappa shape index (κ3) is 3.91. The van der Waals surface area contributed by atoms with Crippen molar-refractivity contribution in [3.05, 3.63) is 35.1 Å². The normalized spacial score (nSPS) is 11.4. The van der Waals surface area contributed by atoms with Gasteiger partial charge >= 0.3 is 6.18 Å². The molecule has 0 fully saturated rings. The summed E-state index contributed by atoms with van der Waals surface area (Å²) in [6.45, 7) is -1.77. The molecule has 0 bridgehead atoms. The van der Waals surface area contributed by atoms with Crippen LogP contribution in [0.2, 0.25) is 0 Å². The largest absolute Gasteiger partial charge is 0.414 e. The van der Waals surface area contributed by atoms with Crippen LogP contribution >= 0.6 is 0 Å². The van der Waals surface area contributed by atoms with Crippen molar-refractivity contribution in [2.75, 3.05) is 6.61 Å². The van der Waals surface area contributed by atoms with Crippen LogP contribution < -0.4 is 5.48 Å². The molecule has 0 heterocycles. The van der Waals surface area contributed by atoms with E-state index in [2.05, 4.69) is 4.84 Å². The fraction of sp³-hybridized carbons (Fsp3) is 0.222. The number of hydrogen-bond donors (Lipinski definition) is 1. The Morgan fingerprint density at radius 3 is 2.11 bits per heavy atom. The molecule has 1 N–H and O–H groups in total. The SMILES string of the molecule is O=C(NOCC(F)(F)F)c1cc(F)c(F)c(F)c1. The summed E-state index contributed by atoms with van der Waals surface area (Å²) in [5.41, 5.74) is 0.600. The first kappa shape index (κ1) is 14.3. The molecule has 0 aliphatic heterocycles. The Kier molecular flexibility index (Phi) is 4.17. The Balaban J connectivity index is 2.68. The van der Waals surface area contributed by atoms with E-state index in [1.165, 1.54) is 5.48 Å². The van der Waals surface area contributed by atoms with Crippen LogP contribution in [0.5, 0.6) is 0 Å². The van der Waals surface area contributed by atoms with Gasteiger partial charge in [-0.25, -0.2) is 18.7 Å². The lowest BCUT2D eigenvalue weighted by Gasteiger charge is -2.08. The van der Waals surface area contributed by atoms with E-state index >= 15 is 0 Å². The van der Waals surface area contributed by atoms with Gasteiger partial charge in [-0.05, 0) is 12.1 Å². The van der Waals surface area contributed by atoms with Gasteiger partial charge in [-0.3, -0.25) is 9.63 Å². The van der Waals surface area contributed by atoms with Gasteiger partial charge in [-0.15, -0.1) is 0 Å². The molecule has 0 radical (unpaired) electrons. The number of hydrogen-bond acceptors (Lipinski definition) is 2. The highest BCUT2D eigenvalue weighted by Gasteiger charge is 2.28. The molecule has 0 saturated heterocycles. The molecular formula is C9H5F6NO2. The van der Waals surface area contributed by atoms with E-state index in [-0.39, 0.29) is 0 Å². The highest BCUT2D eigenvalue weighted by atomic mass is 19.4. The lowest BCUT2D eigenvalue weighted by molar-refractivity contribution is -0.184. The second-order valence-corrected chi connectivity index (χ2v) is 3.09. The van der Waals surface area contributed by atoms with Gasteiger partial charge in [-0.2, -0.15) is 13.2 Å². The minimum Gasteiger partial charge on any atom is -0.267 e. The van der Waals surface area contributed by atoms with Crippen molar-refractivity contribution in [3.63, 3.8) is 0 Å². The molecule has 0 aliphatic carbocycles. The van der Waals surface area contributed by atoms with Gasteiger partial charge < -0.3 is 0 Å². The number of nitrogens with one attached hydrogen (secondary N) is 1. The molecule has 1 amide bonds. The van der Waals surface area contributed by atoms with Crippen LogP contribution in [0.4, 0.5) is 26.3 Å². The number of carbonyl (C=O) groups is 1. The minimum absolute atomic E-state index is 0.324. The molecule has 1 aromatic carbocycles. The number of benzene rings is 1. The summed E-state index contributed by atoms with van der Waals surface area (Å²) in [6, 6.07) is 0.648. The number of rotatable bonds is 3. The monoisotopic (exact) mass is 273 g/mol. The zero-order valence-electron chi connectivity index (χ0n) is 8.45. The number of halogens is 6. The van der Waals surface area contributed by atoms with E-state index in [9.17, 15) is 31.1 Å². The summed E-state index contributed by atoms with van der Waals surface area (Å²) in [5.74, 6) is -6.41. The van der Waals surface area contributed by atoms with Crippen molar-refractivity contribution in [2.24, 2.45) is 0 Å². The Morgan fingerprint density at radius 1 is 1.17 bits per heavy atom. The maximum Gasteiger partial charge on any atom is 0.414 e. The maximum absolute atomic E-state index is 12.7. The van der Waals surface area contributed by atoms with E-state index < -0.39 is 41.7 Å². The van der Waals surface area contributed by atoms with Crippen molar-refractivity contribution in [1.82, 2.24) is 5.48 Å². The van der Waals surface area contributed by atoms with Crippen LogP contribution in [-0.2, 0) is 4.84 Å². The number of amides is 1. The number of carbonyl (C=O) groups excluding carboxylic acids is 1. The van der Waals surface area contributed by atoms with Crippen LogP contribution in [0, 0.1) is 17.5 Å². The summed E-state index contributed by atoms with van der Waals surface area (Å²) >= 11 is 0. The summed E-state index contributed by atoms with van der Waals surface area (Å²) in [4.78, 5) is 14.8. The van der Waals surface area contributed by atoms with Crippen molar-refractivity contribution in [3.8, 4) is 0 Å². The predicted octanol–water partition coefficient (Wildman–Crippen LogP) is 2.33. The van der Waals surface area contributed by atoms with Gasteiger partial charge in [-0.1, -0.05) is 0 Å². The summed E-state index contributed by atoms with van der Waals surface area (Å²) < 4.78 is 72.8. The van der Waals surface area contributed by atoms with Crippen LogP contribution in [0.1, 0.15) is 10.4 Å². The second-order valence-electron chi connectivity index (χ2n) is 3.09. The van der Waals surface area contributed by atoms with E-state index in [0.29, 0.717) is 12.1 Å². The third-order valence-corrected chi connectivity index (χ3v) is 1.65. The molecule has 0 saturated carbocycles. The van der Waals surface area contributed by atoms with E-state index in [1.807, 2.05) is 0 Å². The lowest BCUT2D eigenvalue weighted by atomic mass is 10.2. The zero-order chi connectivity index (χ0) is 13.9. The van der Waals surface area contributed by atoms with Crippen LogP contribution in [-0.4, -0.2) is 18.7 Å². The molecule has 0 spiro atoms. The fourth-order valence-electron chi connectivity index (χ4n) is 0.929. The molecule has 0 aromatic heterocycles. The molecule has 1 rings (SSSR count). The van der Waals surface area contributed by atoms with Crippen molar-refractivity contribution >= 4 is 5.91 Å². The molecule has 0 aliphatic rings. The van der Waals surface area contributed by atoms with Gasteiger partial charge in [0.25, 0.3) is 5.91 Å². The van der Waals surface area contributed by atoms with Gasteiger partial charge in [0, 0.05) is 5.56 Å². The molecule has 0 unspecified atom stereocenters. The first-order valence-electron chi connectivity index (χ1n) is 4.34. The second kappa shape index (κ2) is 5.25. The van der Waals surface area contributed by atoms with E-state index in [4.69, 9.17) is 0 Å². The third-order valence-electron chi connectivity index (χ3n) is 1.65. The first-order valence-corrected chi connectivity index (χ1v) is 4.34. The van der Waals surface area contributed by atoms with Crippen LogP contribution in [0.15, 0.2) is 12.1 Å². The van der Waals surface area contributed by atoms with Crippen molar-refractivity contribution < 1.29 is 36.0 Å². The summed E-state index contributed by atoms with van der Waals surface area (Å²) in [7, 11) is 0. The first-order chi connectivity index (χ1) is 8.20. The van der Waals surface area contributed by atoms with E-state index in [1.54, 1.807) is 0 Å². The molecule has 1 aromatic rings. The number of hydroxylamine groups is 1. The molecule has 9 heteroatoms. The average molecular weight is 273 g/mol. The fourth-order valence-corrected chi connectivity index (χ4v) is 0.929. The Hall–Kier alpha value is -1.77. The van der Waals surface area contributed by atoms with Gasteiger partial charge in [0.05, 0.1) is 0 Å². The quantitative estimate of drug-likeness (QED) is 0.521. The molecular weight excluding hydrogens is 268 g/mol. The average Bonchev–Trinajstić information content (AvgIpc) is 2.23. The zero-order valence-corrected chi connectivity index (χ0v) is 8.45. The Bertz CT molecular complexity index is 436. The van der Waals surface area contributed by atoms with E-state index in [0.717, 1.165) is 0 Å². The Morgan fingerprint density at radius 2 is 1.67 bits per heavy atom. The van der Waals surface area contributed by atoms with Crippen molar-refractivity contribution in [2.45, 2.75) is 6.18 Å². The maximum atomic E-state index is 12.7. The molecule has 18 heavy (non-hydrogen) atoms. The van der Waals surface area contributed by atoms with Gasteiger partial charge in [0.15, 0.2) is 24.1 Å².